The summed E-state index contributed by atoms with van der Waals surface area (Å²) in [5.41, 5.74) is 0. The summed E-state index contributed by atoms with van der Waals surface area (Å²) in [5.74, 6) is 0. The highest BCUT2D eigenvalue weighted by molar-refractivity contribution is 4.80. The lowest BCUT2D eigenvalue weighted by atomic mass is 10.0. The van der Waals surface area contributed by atoms with Gasteiger partial charge in [-0.1, -0.05) is 0 Å². The predicted molar refractivity (Wildman–Crippen MR) is 46.4 cm³/mol. The zero-order valence-corrected chi connectivity index (χ0v) is 8.17. The molecule has 0 aromatic rings. The Morgan fingerprint density at radius 3 is 1.92 bits per heavy atom. The quantitative estimate of drug-likeness (QED) is 0.492. The van der Waals surface area contributed by atoms with Crippen LogP contribution < -0.4 is 0 Å². The van der Waals surface area contributed by atoms with Crippen molar-refractivity contribution in [3.8, 4) is 0 Å². The molecule has 0 rings (SSSR count). The molecule has 0 spiro atoms. The van der Waals surface area contributed by atoms with Crippen molar-refractivity contribution in [2.24, 2.45) is 0 Å². The first-order valence-corrected chi connectivity index (χ1v) is 4.11. The summed E-state index contributed by atoms with van der Waals surface area (Å²) in [4.78, 5) is 0. The largest absolute Gasteiger partial charge is 0.394 e. The van der Waals surface area contributed by atoms with E-state index in [1.807, 2.05) is 0 Å². The fraction of sp³-hybridized carbons (Fsp3) is 1.00. The molecule has 0 aliphatic heterocycles. The lowest BCUT2D eigenvalue weighted by Gasteiger charge is -2.28. The smallest absolute Gasteiger partial charge is 0.111 e. The van der Waals surface area contributed by atoms with Crippen LogP contribution in [0.15, 0.2) is 0 Å². The molecular weight excluding hydrogens is 176 g/mol. The van der Waals surface area contributed by atoms with Crippen molar-refractivity contribution < 1.29 is 24.8 Å². The van der Waals surface area contributed by atoms with Gasteiger partial charge in [0.1, 0.15) is 18.3 Å². The molecule has 0 heterocycles. The van der Waals surface area contributed by atoms with Crippen LogP contribution in [-0.2, 0) is 9.47 Å². The van der Waals surface area contributed by atoms with Crippen LogP contribution in [0.1, 0.15) is 6.92 Å². The SMILES string of the molecule is CO[C@@H]([C@@H](O)[C@@H](CO)OC)[C@H](C)O. The van der Waals surface area contributed by atoms with E-state index in [2.05, 4.69) is 0 Å². The molecule has 3 N–H and O–H groups in total. The summed E-state index contributed by atoms with van der Waals surface area (Å²) in [6.07, 6.45) is -3.35. The van der Waals surface area contributed by atoms with Crippen LogP contribution in [0.2, 0.25) is 0 Å². The van der Waals surface area contributed by atoms with Crippen LogP contribution in [0, 0.1) is 0 Å². The molecule has 5 nitrogen and oxygen atoms in total. The number of methoxy groups -OCH3 is 2. The van der Waals surface area contributed by atoms with E-state index < -0.39 is 24.4 Å². The van der Waals surface area contributed by atoms with E-state index in [0.29, 0.717) is 0 Å². The number of aliphatic hydroxyl groups is 3. The molecule has 0 amide bonds. The number of hydrogen-bond acceptors (Lipinski definition) is 5. The van der Waals surface area contributed by atoms with Crippen LogP contribution in [-0.4, -0.2) is 60.6 Å². The predicted octanol–water partition coefficient (Wildman–Crippen LogP) is -1.25. The second-order valence-corrected chi connectivity index (χ2v) is 2.89. The summed E-state index contributed by atoms with van der Waals surface area (Å²) in [6.45, 7) is 1.19. The van der Waals surface area contributed by atoms with Gasteiger partial charge in [0.2, 0.25) is 0 Å². The van der Waals surface area contributed by atoms with Crippen molar-refractivity contribution in [1.29, 1.82) is 0 Å². The molecule has 13 heavy (non-hydrogen) atoms. The number of ether oxygens (including phenoxy) is 2. The monoisotopic (exact) mass is 194 g/mol. The summed E-state index contributed by atoms with van der Waals surface area (Å²) < 4.78 is 9.67. The topological polar surface area (TPSA) is 79.2 Å². The van der Waals surface area contributed by atoms with Gasteiger partial charge < -0.3 is 24.8 Å². The van der Waals surface area contributed by atoms with Crippen molar-refractivity contribution in [2.75, 3.05) is 20.8 Å². The van der Waals surface area contributed by atoms with Crippen LogP contribution in [0.4, 0.5) is 0 Å². The summed E-state index contributed by atoms with van der Waals surface area (Å²) in [7, 11) is 2.75. The van der Waals surface area contributed by atoms with E-state index in [1.165, 1.54) is 21.1 Å². The Morgan fingerprint density at radius 1 is 1.15 bits per heavy atom. The molecule has 5 heteroatoms. The van der Waals surface area contributed by atoms with Crippen LogP contribution >= 0.6 is 0 Å². The molecule has 0 radical (unpaired) electrons. The molecule has 0 unspecified atom stereocenters. The van der Waals surface area contributed by atoms with Crippen LogP contribution in [0.3, 0.4) is 0 Å². The van der Waals surface area contributed by atoms with Gasteiger partial charge in [0, 0.05) is 14.2 Å². The fourth-order valence-corrected chi connectivity index (χ4v) is 1.16. The molecule has 0 bridgehead atoms. The van der Waals surface area contributed by atoms with Crippen LogP contribution in [0.25, 0.3) is 0 Å². The van der Waals surface area contributed by atoms with Crippen molar-refractivity contribution in [1.82, 2.24) is 0 Å². The van der Waals surface area contributed by atoms with E-state index in [4.69, 9.17) is 14.6 Å². The maximum absolute atomic E-state index is 9.57. The zero-order chi connectivity index (χ0) is 10.4. The fourth-order valence-electron chi connectivity index (χ4n) is 1.16. The standard InChI is InChI=1S/C8H18O5/c1-5(10)8(13-3)7(11)6(4-9)12-2/h5-11H,4H2,1-3H3/t5-,6+,7-,8+/m0/s1. The lowest BCUT2D eigenvalue weighted by molar-refractivity contribution is -0.134. The van der Waals surface area contributed by atoms with Crippen molar-refractivity contribution in [2.45, 2.75) is 31.3 Å². The lowest BCUT2D eigenvalue weighted by Crippen LogP contribution is -2.46. The minimum Gasteiger partial charge on any atom is -0.394 e. The third kappa shape index (κ3) is 3.58. The summed E-state index contributed by atoms with van der Waals surface area (Å²) >= 11 is 0. The highest BCUT2D eigenvalue weighted by Gasteiger charge is 2.30. The molecule has 4 atom stereocenters. The Morgan fingerprint density at radius 2 is 1.69 bits per heavy atom. The molecule has 0 saturated carbocycles. The molecular formula is C8H18O5. The first kappa shape index (κ1) is 12.8. The van der Waals surface area contributed by atoms with Gasteiger partial charge in [-0.15, -0.1) is 0 Å². The second kappa shape index (κ2) is 6.28. The highest BCUT2D eigenvalue weighted by Crippen LogP contribution is 2.10. The van der Waals surface area contributed by atoms with E-state index >= 15 is 0 Å². The van der Waals surface area contributed by atoms with Gasteiger partial charge in [-0.25, -0.2) is 0 Å². The molecule has 0 aliphatic carbocycles. The van der Waals surface area contributed by atoms with Gasteiger partial charge >= 0.3 is 0 Å². The second-order valence-electron chi connectivity index (χ2n) is 2.89. The minimum absolute atomic E-state index is 0.315. The number of rotatable bonds is 6. The van der Waals surface area contributed by atoms with Gasteiger partial charge in [0.25, 0.3) is 0 Å². The zero-order valence-electron chi connectivity index (χ0n) is 8.17. The van der Waals surface area contributed by atoms with Gasteiger partial charge in [-0.05, 0) is 6.92 Å². The van der Waals surface area contributed by atoms with E-state index in [-0.39, 0.29) is 6.61 Å². The Bertz CT molecular complexity index is 124. The third-order valence-corrected chi connectivity index (χ3v) is 1.95. The van der Waals surface area contributed by atoms with E-state index in [1.54, 1.807) is 0 Å². The number of aliphatic hydroxyl groups excluding tert-OH is 3. The molecule has 0 saturated heterocycles. The normalized spacial score (nSPS) is 20.8. The average molecular weight is 194 g/mol. The Kier molecular flexibility index (Phi) is 6.19. The highest BCUT2D eigenvalue weighted by atomic mass is 16.5. The molecule has 0 aromatic heterocycles. The van der Waals surface area contributed by atoms with Crippen LogP contribution in [0.5, 0.6) is 0 Å². The third-order valence-electron chi connectivity index (χ3n) is 1.95. The van der Waals surface area contributed by atoms with Gasteiger partial charge in [0.05, 0.1) is 12.7 Å². The number of hydrogen-bond donors (Lipinski definition) is 3. The van der Waals surface area contributed by atoms with E-state index in [0.717, 1.165) is 0 Å². The Balaban J connectivity index is 4.24. The molecule has 0 fully saturated rings. The van der Waals surface area contributed by atoms with E-state index in [9.17, 15) is 10.2 Å². The van der Waals surface area contributed by atoms with Crippen molar-refractivity contribution in [3.05, 3.63) is 0 Å². The molecule has 0 aromatic carbocycles. The van der Waals surface area contributed by atoms with Gasteiger partial charge in [0.15, 0.2) is 0 Å². The van der Waals surface area contributed by atoms with Gasteiger partial charge in [-0.2, -0.15) is 0 Å². The summed E-state index contributed by atoms with van der Waals surface area (Å²) in [5, 5.41) is 27.6. The minimum atomic E-state index is -1.04. The first-order chi connectivity index (χ1) is 6.08. The molecule has 80 valence electrons. The summed E-state index contributed by atoms with van der Waals surface area (Å²) in [6, 6.07) is 0. The Labute approximate surface area is 77.9 Å². The average Bonchev–Trinajstić information content (AvgIpc) is 2.07. The maximum Gasteiger partial charge on any atom is 0.111 e. The van der Waals surface area contributed by atoms with Crippen molar-refractivity contribution in [3.63, 3.8) is 0 Å². The van der Waals surface area contributed by atoms with Crippen molar-refractivity contribution >= 4 is 0 Å². The van der Waals surface area contributed by atoms with Gasteiger partial charge in [-0.3, -0.25) is 0 Å². The first-order valence-electron chi connectivity index (χ1n) is 4.11. The maximum atomic E-state index is 9.57. The molecule has 0 aliphatic rings. The Hall–Kier alpha value is -0.200.